The first kappa shape index (κ1) is 12.7. The van der Waals surface area contributed by atoms with E-state index in [-0.39, 0.29) is 5.82 Å². The predicted molar refractivity (Wildman–Crippen MR) is 66.4 cm³/mol. The molecular formula is C13H16FN3O. The summed E-state index contributed by atoms with van der Waals surface area (Å²) in [5.41, 5.74) is 1.20. The Labute approximate surface area is 105 Å². The van der Waals surface area contributed by atoms with Crippen molar-refractivity contribution in [3.8, 4) is 11.5 Å². The van der Waals surface area contributed by atoms with Crippen LogP contribution < -0.4 is 5.32 Å². The van der Waals surface area contributed by atoms with Crippen LogP contribution in [0.5, 0.6) is 0 Å². The minimum atomic E-state index is -0.267. The molecule has 0 amide bonds. The lowest BCUT2D eigenvalue weighted by molar-refractivity contribution is 0.477. The lowest BCUT2D eigenvalue weighted by Crippen LogP contribution is -2.13. The first-order valence-electron chi connectivity index (χ1n) is 6.00. The van der Waals surface area contributed by atoms with E-state index in [0.29, 0.717) is 29.5 Å². The van der Waals surface area contributed by atoms with Crippen molar-refractivity contribution >= 4 is 0 Å². The fourth-order valence-electron chi connectivity index (χ4n) is 1.54. The van der Waals surface area contributed by atoms with Gasteiger partial charge in [-0.25, -0.2) is 4.39 Å². The number of aromatic nitrogens is 2. The number of rotatable bonds is 5. The number of aryl methyl sites for hydroxylation is 1. The fraction of sp³-hybridized carbons (Fsp3) is 0.385. The van der Waals surface area contributed by atoms with Gasteiger partial charge >= 0.3 is 0 Å². The lowest BCUT2D eigenvalue weighted by atomic mass is 10.1. The summed E-state index contributed by atoms with van der Waals surface area (Å²) in [7, 11) is 0. The van der Waals surface area contributed by atoms with Crippen LogP contribution in [0.15, 0.2) is 22.6 Å². The molecule has 1 aromatic heterocycles. The molecule has 0 fully saturated rings. The number of benzene rings is 1. The molecule has 2 rings (SSSR count). The number of hydrogen-bond donors (Lipinski definition) is 1. The maximum atomic E-state index is 13.4. The van der Waals surface area contributed by atoms with Gasteiger partial charge in [-0.1, -0.05) is 13.0 Å². The Balaban J connectivity index is 2.11. The van der Waals surface area contributed by atoms with Crippen LogP contribution in [0, 0.1) is 12.7 Å². The number of halogens is 1. The minimum absolute atomic E-state index is 0.267. The van der Waals surface area contributed by atoms with E-state index in [1.807, 2.05) is 0 Å². The Bertz CT molecular complexity index is 525. The van der Waals surface area contributed by atoms with Crippen LogP contribution >= 0.6 is 0 Å². The van der Waals surface area contributed by atoms with E-state index in [0.717, 1.165) is 13.0 Å². The molecule has 2 aromatic rings. The fourth-order valence-corrected chi connectivity index (χ4v) is 1.54. The summed E-state index contributed by atoms with van der Waals surface area (Å²) in [6, 6.07) is 4.88. The highest BCUT2D eigenvalue weighted by Crippen LogP contribution is 2.20. The zero-order valence-corrected chi connectivity index (χ0v) is 10.5. The van der Waals surface area contributed by atoms with Gasteiger partial charge in [-0.2, -0.15) is 0 Å². The molecule has 1 aromatic carbocycles. The molecule has 0 unspecified atom stereocenters. The molecule has 0 saturated carbocycles. The van der Waals surface area contributed by atoms with Crippen LogP contribution in [0.2, 0.25) is 0 Å². The van der Waals surface area contributed by atoms with Crippen molar-refractivity contribution in [2.45, 2.75) is 26.8 Å². The Hall–Kier alpha value is -1.75. The second kappa shape index (κ2) is 5.73. The molecule has 0 atom stereocenters. The minimum Gasteiger partial charge on any atom is -0.419 e. The summed E-state index contributed by atoms with van der Waals surface area (Å²) in [5, 5.41) is 11.0. The van der Waals surface area contributed by atoms with Gasteiger partial charge in [-0.05, 0) is 37.6 Å². The third-order valence-electron chi connectivity index (χ3n) is 2.59. The van der Waals surface area contributed by atoms with Gasteiger partial charge in [-0.3, -0.25) is 0 Å². The summed E-state index contributed by atoms with van der Waals surface area (Å²) < 4.78 is 18.9. The van der Waals surface area contributed by atoms with E-state index in [2.05, 4.69) is 22.4 Å². The number of nitrogens with one attached hydrogen (secondary N) is 1. The normalized spacial score (nSPS) is 10.8. The third-order valence-corrected chi connectivity index (χ3v) is 2.59. The summed E-state index contributed by atoms with van der Waals surface area (Å²) in [6.45, 7) is 5.24. The second-order valence-corrected chi connectivity index (χ2v) is 4.14. The van der Waals surface area contributed by atoms with Crippen LogP contribution in [0.1, 0.15) is 24.8 Å². The number of hydrogen-bond acceptors (Lipinski definition) is 4. The first-order valence-corrected chi connectivity index (χ1v) is 6.00. The molecule has 1 heterocycles. The molecular weight excluding hydrogens is 233 g/mol. The summed E-state index contributed by atoms with van der Waals surface area (Å²) >= 11 is 0. The molecule has 4 nitrogen and oxygen atoms in total. The molecule has 0 aliphatic rings. The van der Waals surface area contributed by atoms with Crippen LogP contribution in [-0.2, 0) is 6.54 Å². The van der Waals surface area contributed by atoms with Crippen LogP contribution in [-0.4, -0.2) is 16.7 Å². The van der Waals surface area contributed by atoms with Gasteiger partial charge in [0, 0.05) is 5.56 Å². The predicted octanol–water partition coefficient (Wildman–Crippen LogP) is 2.68. The van der Waals surface area contributed by atoms with Crippen LogP contribution in [0.4, 0.5) is 4.39 Å². The molecule has 5 heteroatoms. The van der Waals surface area contributed by atoms with Crippen molar-refractivity contribution in [1.29, 1.82) is 0 Å². The first-order chi connectivity index (χ1) is 8.70. The van der Waals surface area contributed by atoms with E-state index in [4.69, 9.17) is 4.42 Å². The van der Waals surface area contributed by atoms with Gasteiger partial charge in [0.25, 0.3) is 0 Å². The monoisotopic (exact) mass is 249 g/mol. The van der Waals surface area contributed by atoms with Crippen molar-refractivity contribution in [3.63, 3.8) is 0 Å². The van der Waals surface area contributed by atoms with E-state index < -0.39 is 0 Å². The molecule has 96 valence electrons. The molecule has 0 saturated heterocycles. The average Bonchev–Trinajstić information content (AvgIpc) is 2.82. The standard InChI is InChI=1S/C13H16FN3O/c1-3-6-15-8-12-16-17-13(18-12)10-5-4-9(2)11(14)7-10/h4-5,7,15H,3,6,8H2,1-2H3. The van der Waals surface area contributed by atoms with E-state index in [9.17, 15) is 4.39 Å². The zero-order chi connectivity index (χ0) is 13.0. The SMILES string of the molecule is CCCNCc1nnc(-c2ccc(C)c(F)c2)o1. The summed E-state index contributed by atoms with van der Waals surface area (Å²) in [6.07, 6.45) is 1.05. The molecule has 0 aliphatic heterocycles. The second-order valence-electron chi connectivity index (χ2n) is 4.14. The Morgan fingerprint density at radius 1 is 1.33 bits per heavy atom. The molecule has 0 spiro atoms. The highest BCUT2D eigenvalue weighted by atomic mass is 19.1. The van der Waals surface area contributed by atoms with Gasteiger partial charge in [0.05, 0.1) is 6.54 Å². The lowest BCUT2D eigenvalue weighted by Gasteiger charge is -1.99. The number of nitrogens with zero attached hydrogens (tertiary/aromatic N) is 2. The Morgan fingerprint density at radius 2 is 2.17 bits per heavy atom. The smallest absolute Gasteiger partial charge is 0.247 e. The van der Waals surface area contributed by atoms with Gasteiger partial charge < -0.3 is 9.73 Å². The Morgan fingerprint density at radius 3 is 2.89 bits per heavy atom. The highest BCUT2D eigenvalue weighted by Gasteiger charge is 2.09. The van der Waals surface area contributed by atoms with Gasteiger partial charge in [0.15, 0.2) is 0 Å². The van der Waals surface area contributed by atoms with Crippen molar-refractivity contribution < 1.29 is 8.81 Å². The topological polar surface area (TPSA) is 51.0 Å². The van der Waals surface area contributed by atoms with Gasteiger partial charge in [-0.15, -0.1) is 10.2 Å². The maximum Gasteiger partial charge on any atom is 0.247 e. The molecule has 18 heavy (non-hydrogen) atoms. The van der Waals surface area contributed by atoms with E-state index in [1.165, 1.54) is 6.07 Å². The summed E-state index contributed by atoms with van der Waals surface area (Å²) in [5.74, 6) is 0.595. The van der Waals surface area contributed by atoms with Crippen LogP contribution in [0.3, 0.4) is 0 Å². The van der Waals surface area contributed by atoms with Crippen molar-refractivity contribution in [1.82, 2.24) is 15.5 Å². The Kier molecular flexibility index (Phi) is 4.04. The van der Waals surface area contributed by atoms with Gasteiger partial charge in [0.1, 0.15) is 5.82 Å². The van der Waals surface area contributed by atoms with Crippen molar-refractivity contribution in [2.75, 3.05) is 6.54 Å². The highest BCUT2D eigenvalue weighted by molar-refractivity contribution is 5.53. The summed E-state index contributed by atoms with van der Waals surface area (Å²) in [4.78, 5) is 0. The van der Waals surface area contributed by atoms with Crippen LogP contribution in [0.25, 0.3) is 11.5 Å². The van der Waals surface area contributed by atoms with E-state index >= 15 is 0 Å². The maximum absolute atomic E-state index is 13.4. The largest absolute Gasteiger partial charge is 0.419 e. The van der Waals surface area contributed by atoms with Crippen molar-refractivity contribution in [2.24, 2.45) is 0 Å². The third kappa shape index (κ3) is 2.92. The molecule has 0 aliphatic carbocycles. The quantitative estimate of drug-likeness (QED) is 0.828. The molecule has 1 N–H and O–H groups in total. The molecule has 0 radical (unpaired) electrons. The van der Waals surface area contributed by atoms with E-state index in [1.54, 1.807) is 19.1 Å². The molecule has 0 bridgehead atoms. The zero-order valence-electron chi connectivity index (χ0n) is 10.5. The van der Waals surface area contributed by atoms with Crippen molar-refractivity contribution in [3.05, 3.63) is 35.5 Å². The van der Waals surface area contributed by atoms with Gasteiger partial charge in [0.2, 0.25) is 11.8 Å². The average molecular weight is 249 g/mol.